The van der Waals surface area contributed by atoms with Crippen molar-refractivity contribution in [2.75, 3.05) is 4.90 Å². The van der Waals surface area contributed by atoms with Gasteiger partial charge >= 0.3 is 0 Å². The van der Waals surface area contributed by atoms with Gasteiger partial charge in [-0.15, -0.1) is 0 Å². The molecule has 1 aliphatic carbocycles. The van der Waals surface area contributed by atoms with E-state index in [4.69, 9.17) is 15.7 Å². The number of benzene rings is 3. The van der Waals surface area contributed by atoms with Gasteiger partial charge in [-0.1, -0.05) is 36.4 Å². The van der Waals surface area contributed by atoms with Gasteiger partial charge in [-0.25, -0.2) is 9.97 Å². The van der Waals surface area contributed by atoms with Gasteiger partial charge in [0.25, 0.3) is 0 Å². The number of phenolic OH excluding ortho intramolecular Hbond substituents is 1. The molecule has 3 aromatic carbocycles. The van der Waals surface area contributed by atoms with E-state index in [1.165, 1.54) is 12.0 Å². The Bertz CT molecular complexity index is 1580. The van der Waals surface area contributed by atoms with Gasteiger partial charge < -0.3 is 10.8 Å². The SMILES string of the molecule is NC1(c2ccc(-c3cnc4n3-c3cccnc3N(c3ccc(O)cc3)c3ccccc3-4)cc2)CCC1. The Kier molecular flexibility index (Phi) is 4.53. The van der Waals surface area contributed by atoms with Crippen molar-refractivity contribution in [1.29, 1.82) is 0 Å². The highest BCUT2D eigenvalue weighted by atomic mass is 16.3. The average Bonchev–Trinajstić information content (AvgIpc) is 3.29. The molecular weight excluding hydrogens is 446 g/mol. The molecule has 176 valence electrons. The number of anilines is 3. The van der Waals surface area contributed by atoms with Crippen LogP contribution in [0.3, 0.4) is 0 Å². The second kappa shape index (κ2) is 7.80. The Hall–Kier alpha value is -4.42. The van der Waals surface area contributed by atoms with Crippen LogP contribution in [0.5, 0.6) is 5.75 Å². The number of nitrogens with zero attached hydrogens (tertiary/aromatic N) is 4. The quantitative estimate of drug-likeness (QED) is 0.311. The number of aromatic hydroxyl groups is 1. The van der Waals surface area contributed by atoms with Gasteiger partial charge in [0, 0.05) is 28.6 Å². The number of aromatic nitrogens is 3. The van der Waals surface area contributed by atoms with Gasteiger partial charge in [-0.2, -0.15) is 0 Å². The molecule has 36 heavy (non-hydrogen) atoms. The number of pyridine rings is 1. The molecule has 6 heteroatoms. The molecule has 0 amide bonds. The highest BCUT2D eigenvalue weighted by Crippen LogP contribution is 2.47. The van der Waals surface area contributed by atoms with Crippen molar-refractivity contribution in [3.05, 3.63) is 103 Å². The molecule has 2 aromatic heterocycles. The Labute approximate surface area is 209 Å². The van der Waals surface area contributed by atoms with E-state index in [2.05, 4.69) is 51.9 Å². The molecule has 5 aromatic rings. The Morgan fingerprint density at radius 2 is 1.56 bits per heavy atom. The van der Waals surface area contributed by atoms with Gasteiger partial charge in [0.15, 0.2) is 5.82 Å². The van der Waals surface area contributed by atoms with Crippen LogP contribution < -0.4 is 10.6 Å². The van der Waals surface area contributed by atoms with Crippen molar-refractivity contribution in [1.82, 2.24) is 14.5 Å². The lowest BCUT2D eigenvalue weighted by atomic mass is 9.72. The van der Waals surface area contributed by atoms with Crippen LogP contribution in [0.2, 0.25) is 0 Å². The third kappa shape index (κ3) is 3.08. The summed E-state index contributed by atoms with van der Waals surface area (Å²) in [6, 6.07) is 28.1. The van der Waals surface area contributed by atoms with E-state index in [9.17, 15) is 5.11 Å². The molecule has 7 rings (SSSR count). The van der Waals surface area contributed by atoms with Crippen molar-refractivity contribution in [2.45, 2.75) is 24.8 Å². The zero-order valence-electron chi connectivity index (χ0n) is 19.7. The van der Waals surface area contributed by atoms with Crippen LogP contribution in [0.4, 0.5) is 17.2 Å². The number of rotatable bonds is 3. The minimum absolute atomic E-state index is 0.188. The first-order chi connectivity index (χ1) is 17.6. The van der Waals surface area contributed by atoms with Crippen LogP contribution in [0, 0.1) is 0 Å². The van der Waals surface area contributed by atoms with E-state index in [-0.39, 0.29) is 11.3 Å². The molecule has 0 atom stereocenters. The average molecular weight is 472 g/mol. The van der Waals surface area contributed by atoms with Crippen molar-refractivity contribution in [2.24, 2.45) is 5.73 Å². The van der Waals surface area contributed by atoms with E-state index in [0.29, 0.717) is 0 Å². The Morgan fingerprint density at radius 3 is 2.31 bits per heavy atom. The highest BCUT2D eigenvalue weighted by molar-refractivity contribution is 5.91. The predicted molar refractivity (Wildman–Crippen MR) is 142 cm³/mol. The molecule has 6 nitrogen and oxygen atoms in total. The van der Waals surface area contributed by atoms with Crippen molar-refractivity contribution >= 4 is 17.2 Å². The molecule has 2 aliphatic rings. The molecule has 3 heterocycles. The molecule has 1 saturated carbocycles. The number of fused-ring (bicyclic) bond motifs is 5. The summed E-state index contributed by atoms with van der Waals surface area (Å²) in [5.74, 6) is 1.87. The fourth-order valence-corrected chi connectivity index (χ4v) is 5.38. The number of hydrogen-bond donors (Lipinski definition) is 2. The molecular formula is C30H25N5O. The fraction of sp³-hybridized carbons (Fsp3) is 0.133. The smallest absolute Gasteiger partial charge is 0.162 e. The third-order valence-corrected chi connectivity index (χ3v) is 7.48. The van der Waals surface area contributed by atoms with E-state index in [1.54, 1.807) is 12.1 Å². The van der Waals surface area contributed by atoms with Crippen LogP contribution in [-0.4, -0.2) is 19.6 Å². The van der Waals surface area contributed by atoms with Crippen LogP contribution in [0.15, 0.2) is 97.3 Å². The molecule has 0 unspecified atom stereocenters. The summed E-state index contributed by atoms with van der Waals surface area (Å²) in [7, 11) is 0. The predicted octanol–water partition coefficient (Wildman–Crippen LogP) is 6.43. The Morgan fingerprint density at radius 1 is 0.806 bits per heavy atom. The minimum Gasteiger partial charge on any atom is -0.508 e. The van der Waals surface area contributed by atoms with E-state index in [1.807, 2.05) is 42.7 Å². The molecule has 1 fully saturated rings. The lowest BCUT2D eigenvalue weighted by Crippen LogP contribution is -2.43. The first-order valence-corrected chi connectivity index (χ1v) is 12.2. The van der Waals surface area contributed by atoms with Crippen LogP contribution >= 0.6 is 0 Å². The third-order valence-electron chi connectivity index (χ3n) is 7.48. The van der Waals surface area contributed by atoms with Crippen molar-refractivity contribution < 1.29 is 5.11 Å². The maximum absolute atomic E-state index is 9.91. The molecule has 0 spiro atoms. The number of nitrogens with two attached hydrogens (primary N) is 1. The van der Waals surface area contributed by atoms with Crippen LogP contribution in [0.1, 0.15) is 24.8 Å². The summed E-state index contributed by atoms with van der Waals surface area (Å²) >= 11 is 0. The van der Waals surface area contributed by atoms with Crippen LogP contribution in [-0.2, 0) is 5.54 Å². The van der Waals surface area contributed by atoms with Gasteiger partial charge in [-0.3, -0.25) is 9.47 Å². The van der Waals surface area contributed by atoms with Crippen molar-refractivity contribution in [3.8, 4) is 34.1 Å². The molecule has 0 saturated heterocycles. The lowest BCUT2D eigenvalue weighted by Gasteiger charge is -2.38. The highest BCUT2D eigenvalue weighted by Gasteiger charge is 2.34. The van der Waals surface area contributed by atoms with Gasteiger partial charge in [0.05, 0.1) is 23.3 Å². The zero-order valence-corrected chi connectivity index (χ0v) is 19.7. The largest absolute Gasteiger partial charge is 0.508 e. The van der Waals surface area contributed by atoms with E-state index < -0.39 is 0 Å². The second-order valence-electron chi connectivity index (χ2n) is 9.60. The number of imidazole rings is 1. The maximum Gasteiger partial charge on any atom is 0.162 e. The zero-order chi connectivity index (χ0) is 24.3. The van der Waals surface area contributed by atoms with Crippen LogP contribution in [0.25, 0.3) is 28.3 Å². The number of hydrogen-bond acceptors (Lipinski definition) is 5. The normalized spacial score (nSPS) is 15.3. The molecule has 0 radical (unpaired) electrons. The van der Waals surface area contributed by atoms with E-state index >= 15 is 0 Å². The summed E-state index contributed by atoms with van der Waals surface area (Å²) < 4.78 is 2.19. The van der Waals surface area contributed by atoms with Gasteiger partial charge in [0.1, 0.15) is 11.6 Å². The summed E-state index contributed by atoms with van der Waals surface area (Å²) in [6.45, 7) is 0. The second-order valence-corrected chi connectivity index (χ2v) is 9.60. The number of para-hydroxylation sites is 1. The summed E-state index contributed by atoms with van der Waals surface area (Å²) in [4.78, 5) is 11.9. The first-order valence-electron chi connectivity index (χ1n) is 12.2. The van der Waals surface area contributed by atoms with E-state index in [0.717, 1.165) is 58.4 Å². The minimum atomic E-state index is -0.188. The topological polar surface area (TPSA) is 80.2 Å². The summed E-state index contributed by atoms with van der Waals surface area (Å²) in [5, 5.41) is 9.91. The standard InChI is InChI=1S/C30H25N5O/c31-30(16-4-17-30)21-10-8-20(9-11-21)27-19-33-28-24-5-1-2-6-25(24)34(22-12-14-23(36)15-13-22)29-26(35(27)28)7-3-18-32-29/h1-3,5-15,18-19,36H,4,16-17,31H2. The monoisotopic (exact) mass is 471 g/mol. The van der Waals surface area contributed by atoms with Crippen molar-refractivity contribution in [3.63, 3.8) is 0 Å². The summed E-state index contributed by atoms with van der Waals surface area (Å²) in [6.07, 6.45) is 7.02. The lowest BCUT2D eigenvalue weighted by molar-refractivity contribution is 0.253. The first kappa shape index (κ1) is 20.9. The Balaban J connectivity index is 1.45. The fourth-order valence-electron chi connectivity index (χ4n) is 5.38. The summed E-state index contributed by atoms with van der Waals surface area (Å²) in [5.41, 5.74) is 13.5. The van der Waals surface area contributed by atoms with Gasteiger partial charge in [0.2, 0.25) is 0 Å². The maximum atomic E-state index is 9.91. The molecule has 3 N–H and O–H groups in total. The number of phenols is 1. The molecule has 0 bridgehead atoms. The van der Waals surface area contributed by atoms with Gasteiger partial charge in [-0.05, 0) is 73.4 Å². The molecule has 1 aliphatic heterocycles.